The first-order valence-corrected chi connectivity index (χ1v) is 5.84. The molecule has 100 valence electrons. The largest absolute Gasteiger partial charge is 0.481 e. The quantitative estimate of drug-likeness (QED) is 0.345. The van der Waals surface area contributed by atoms with Crippen molar-refractivity contribution in [3.05, 3.63) is 18.3 Å². The average Bonchev–Trinajstić information content (AvgIpc) is 2.43. The van der Waals surface area contributed by atoms with Gasteiger partial charge in [-0.25, -0.2) is 4.98 Å². The summed E-state index contributed by atoms with van der Waals surface area (Å²) in [7, 11) is 1.58. The molecule has 0 aliphatic heterocycles. The normalized spacial score (nSPS) is 13.2. The minimum atomic E-state index is -0.0332. The molecule has 18 heavy (non-hydrogen) atoms. The number of anilines is 1. The predicted molar refractivity (Wildman–Crippen MR) is 71.2 cm³/mol. The lowest BCUT2D eigenvalue weighted by Crippen LogP contribution is -2.35. The van der Waals surface area contributed by atoms with Crippen LogP contribution in [0.1, 0.15) is 13.8 Å². The van der Waals surface area contributed by atoms with Crippen molar-refractivity contribution in [2.45, 2.75) is 13.8 Å². The Bertz CT molecular complexity index is 409. The Labute approximate surface area is 107 Å². The standard InChI is InChI=1S/C12H20N4O2/c1-4-16(8-9(2)12(13)15-17)10-5-6-14-11(7-10)18-3/h5-7,9,17H,4,8H2,1-3H3,(H2,13,15). The number of hydrogen-bond acceptors (Lipinski definition) is 5. The highest BCUT2D eigenvalue weighted by atomic mass is 16.5. The van der Waals surface area contributed by atoms with Crippen molar-refractivity contribution in [2.75, 3.05) is 25.1 Å². The number of pyridine rings is 1. The number of oxime groups is 1. The summed E-state index contributed by atoms with van der Waals surface area (Å²) in [6.45, 7) is 5.44. The molecule has 1 heterocycles. The van der Waals surface area contributed by atoms with E-state index in [0.29, 0.717) is 12.4 Å². The maximum atomic E-state index is 8.66. The number of hydrogen-bond donors (Lipinski definition) is 2. The number of amidine groups is 1. The first-order valence-electron chi connectivity index (χ1n) is 5.84. The molecular weight excluding hydrogens is 232 g/mol. The van der Waals surface area contributed by atoms with Crippen molar-refractivity contribution in [3.63, 3.8) is 0 Å². The highest BCUT2D eigenvalue weighted by Crippen LogP contribution is 2.19. The zero-order valence-electron chi connectivity index (χ0n) is 11.0. The van der Waals surface area contributed by atoms with Crippen molar-refractivity contribution in [2.24, 2.45) is 16.8 Å². The number of methoxy groups -OCH3 is 1. The van der Waals surface area contributed by atoms with Gasteiger partial charge in [0.25, 0.3) is 0 Å². The molecule has 0 saturated carbocycles. The van der Waals surface area contributed by atoms with E-state index in [1.54, 1.807) is 13.3 Å². The van der Waals surface area contributed by atoms with E-state index in [0.717, 1.165) is 12.2 Å². The number of rotatable bonds is 6. The van der Waals surface area contributed by atoms with Crippen LogP contribution in [-0.2, 0) is 0 Å². The minimum Gasteiger partial charge on any atom is -0.481 e. The van der Waals surface area contributed by atoms with E-state index in [9.17, 15) is 0 Å². The maximum Gasteiger partial charge on any atom is 0.214 e. The van der Waals surface area contributed by atoms with Gasteiger partial charge in [0, 0.05) is 37.0 Å². The molecule has 6 heteroatoms. The summed E-state index contributed by atoms with van der Waals surface area (Å²) in [5.74, 6) is 0.769. The fourth-order valence-electron chi connectivity index (χ4n) is 1.65. The summed E-state index contributed by atoms with van der Waals surface area (Å²) < 4.78 is 5.10. The van der Waals surface area contributed by atoms with Crippen LogP contribution in [0.4, 0.5) is 5.69 Å². The summed E-state index contributed by atoms with van der Waals surface area (Å²) >= 11 is 0. The van der Waals surface area contributed by atoms with Gasteiger partial charge in [-0.05, 0) is 13.0 Å². The van der Waals surface area contributed by atoms with Crippen LogP contribution in [0.25, 0.3) is 0 Å². The molecule has 3 N–H and O–H groups in total. The summed E-state index contributed by atoms with van der Waals surface area (Å²) in [5, 5.41) is 11.7. The first-order chi connectivity index (χ1) is 8.62. The minimum absolute atomic E-state index is 0.0332. The molecule has 0 bridgehead atoms. The molecule has 6 nitrogen and oxygen atoms in total. The van der Waals surface area contributed by atoms with Gasteiger partial charge in [-0.2, -0.15) is 0 Å². The van der Waals surface area contributed by atoms with Crippen molar-refractivity contribution in [3.8, 4) is 5.88 Å². The molecule has 0 radical (unpaired) electrons. The molecule has 1 aromatic rings. The Balaban J connectivity index is 2.82. The van der Waals surface area contributed by atoms with Crippen molar-refractivity contribution < 1.29 is 9.94 Å². The molecule has 0 aliphatic carbocycles. The summed E-state index contributed by atoms with van der Waals surface area (Å²) in [6.07, 6.45) is 1.70. The average molecular weight is 252 g/mol. The molecule has 0 aliphatic rings. The lowest BCUT2D eigenvalue weighted by Gasteiger charge is -2.26. The first kappa shape index (κ1) is 14.1. The predicted octanol–water partition coefficient (Wildman–Crippen LogP) is 1.30. The van der Waals surface area contributed by atoms with Gasteiger partial charge >= 0.3 is 0 Å². The van der Waals surface area contributed by atoms with Crippen LogP contribution in [0.2, 0.25) is 0 Å². The number of ether oxygens (including phenoxy) is 1. The second-order valence-electron chi connectivity index (χ2n) is 4.02. The zero-order chi connectivity index (χ0) is 13.5. The smallest absolute Gasteiger partial charge is 0.214 e. The zero-order valence-corrected chi connectivity index (χ0v) is 11.0. The highest BCUT2D eigenvalue weighted by molar-refractivity contribution is 5.82. The molecular formula is C12H20N4O2. The molecule has 0 spiro atoms. The molecule has 0 saturated heterocycles. The fourth-order valence-corrected chi connectivity index (χ4v) is 1.65. The highest BCUT2D eigenvalue weighted by Gasteiger charge is 2.13. The Kier molecular flexibility index (Phi) is 5.23. The Hall–Kier alpha value is -1.98. The van der Waals surface area contributed by atoms with Gasteiger partial charge in [0.2, 0.25) is 5.88 Å². The third-order valence-corrected chi connectivity index (χ3v) is 2.79. The van der Waals surface area contributed by atoms with Gasteiger partial charge in [-0.3, -0.25) is 0 Å². The number of nitrogens with zero attached hydrogens (tertiary/aromatic N) is 3. The van der Waals surface area contributed by atoms with Crippen molar-refractivity contribution in [1.29, 1.82) is 0 Å². The van der Waals surface area contributed by atoms with Gasteiger partial charge in [0.15, 0.2) is 0 Å². The van der Waals surface area contributed by atoms with Crippen molar-refractivity contribution in [1.82, 2.24) is 4.98 Å². The van der Waals surface area contributed by atoms with Gasteiger partial charge in [0.1, 0.15) is 5.84 Å². The van der Waals surface area contributed by atoms with E-state index in [1.165, 1.54) is 0 Å². The van der Waals surface area contributed by atoms with E-state index in [4.69, 9.17) is 15.7 Å². The second kappa shape index (κ2) is 6.68. The Morgan fingerprint density at radius 1 is 1.67 bits per heavy atom. The Morgan fingerprint density at radius 3 is 2.94 bits per heavy atom. The van der Waals surface area contributed by atoms with Gasteiger partial charge < -0.3 is 20.6 Å². The fraction of sp³-hybridized carbons (Fsp3) is 0.500. The lowest BCUT2D eigenvalue weighted by molar-refractivity contribution is 0.314. The third-order valence-electron chi connectivity index (χ3n) is 2.79. The number of nitrogens with two attached hydrogens (primary N) is 1. The van der Waals surface area contributed by atoms with Gasteiger partial charge in [0.05, 0.1) is 7.11 Å². The van der Waals surface area contributed by atoms with Gasteiger partial charge in [-0.15, -0.1) is 0 Å². The van der Waals surface area contributed by atoms with Crippen LogP contribution in [0, 0.1) is 5.92 Å². The van der Waals surface area contributed by atoms with Gasteiger partial charge in [-0.1, -0.05) is 12.1 Å². The molecule has 0 fully saturated rings. The maximum absolute atomic E-state index is 8.66. The molecule has 1 atom stereocenters. The molecule has 1 unspecified atom stereocenters. The topological polar surface area (TPSA) is 84.0 Å². The van der Waals surface area contributed by atoms with E-state index in [2.05, 4.69) is 15.0 Å². The summed E-state index contributed by atoms with van der Waals surface area (Å²) in [6, 6.07) is 3.77. The molecule has 0 amide bonds. The van der Waals surface area contributed by atoms with Crippen LogP contribution in [0.5, 0.6) is 5.88 Å². The molecule has 0 aromatic carbocycles. The Morgan fingerprint density at radius 2 is 2.39 bits per heavy atom. The summed E-state index contributed by atoms with van der Waals surface area (Å²) in [5.41, 5.74) is 6.59. The van der Waals surface area contributed by atoms with Crippen LogP contribution < -0.4 is 15.4 Å². The lowest BCUT2D eigenvalue weighted by atomic mass is 10.1. The number of aromatic nitrogens is 1. The van der Waals surface area contributed by atoms with Crippen LogP contribution in [-0.4, -0.2) is 36.2 Å². The summed E-state index contributed by atoms with van der Waals surface area (Å²) in [4.78, 5) is 6.19. The van der Waals surface area contributed by atoms with E-state index >= 15 is 0 Å². The second-order valence-corrected chi connectivity index (χ2v) is 4.02. The van der Waals surface area contributed by atoms with E-state index < -0.39 is 0 Å². The third kappa shape index (κ3) is 3.51. The van der Waals surface area contributed by atoms with Crippen molar-refractivity contribution >= 4 is 11.5 Å². The molecule has 1 aromatic heterocycles. The molecule has 1 rings (SSSR count). The van der Waals surface area contributed by atoms with E-state index in [1.807, 2.05) is 26.0 Å². The van der Waals surface area contributed by atoms with E-state index in [-0.39, 0.29) is 11.8 Å². The monoisotopic (exact) mass is 252 g/mol. The van der Waals surface area contributed by atoms with Crippen LogP contribution >= 0.6 is 0 Å². The van der Waals surface area contributed by atoms with Crippen LogP contribution in [0.15, 0.2) is 23.5 Å². The SMILES string of the molecule is CCN(CC(C)/C(N)=N/O)c1ccnc(OC)c1. The van der Waals surface area contributed by atoms with Crippen LogP contribution in [0.3, 0.4) is 0 Å².